The zero-order valence-electron chi connectivity index (χ0n) is 7.68. The summed E-state index contributed by atoms with van der Waals surface area (Å²) in [6.07, 6.45) is 2.60. The van der Waals surface area contributed by atoms with Crippen molar-refractivity contribution >= 4 is 15.9 Å². The van der Waals surface area contributed by atoms with Crippen LogP contribution in [-0.2, 0) is 6.42 Å². The molecule has 0 atom stereocenters. The zero-order chi connectivity index (χ0) is 9.68. The summed E-state index contributed by atoms with van der Waals surface area (Å²) in [7, 11) is 0. The summed E-state index contributed by atoms with van der Waals surface area (Å²) < 4.78 is 1.15. The molecule has 0 N–H and O–H groups in total. The van der Waals surface area contributed by atoms with Crippen LogP contribution in [-0.4, -0.2) is 0 Å². The average Bonchev–Trinajstić information content (AvgIpc) is 2.13. The second-order valence-electron chi connectivity index (χ2n) is 3.04. The van der Waals surface area contributed by atoms with Gasteiger partial charge in [0.05, 0.1) is 6.07 Å². The lowest BCUT2D eigenvalue weighted by Gasteiger charge is -2.05. The van der Waals surface area contributed by atoms with Crippen LogP contribution in [0.1, 0.15) is 24.0 Å². The van der Waals surface area contributed by atoms with Crippen LogP contribution in [0.5, 0.6) is 0 Å². The molecule has 0 aliphatic rings. The Labute approximate surface area is 87.5 Å². The number of hydrogen-bond donors (Lipinski definition) is 0. The van der Waals surface area contributed by atoms with Gasteiger partial charge in [-0.3, -0.25) is 0 Å². The molecule has 1 rings (SSSR count). The summed E-state index contributed by atoms with van der Waals surface area (Å²) in [4.78, 5) is 0. The highest BCUT2D eigenvalue weighted by molar-refractivity contribution is 9.10. The Morgan fingerprint density at radius 3 is 2.92 bits per heavy atom. The lowest BCUT2D eigenvalue weighted by Crippen LogP contribution is -1.89. The van der Waals surface area contributed by atoms with E-state index in [9.17, 15) is 0 Å². The highest BCUT2D eigenvalue weighted by Gasteiger charge is 2.00. The van der Waals surface area contributed by atoms with Crippen molar-refractivity contribution in [2.45, 2.75) is 26.2 Å². The van der Waals surface area contributed by atoms with Gasteiger partial charge >= 0.3 is 0 Å². The fourth-order valence-electron chi connectivity index (χ4n) is 1.28. The first-order valence-electron chi connectivity index (χ1n) is 4.36. The van der Waals surface area contributed by atoms with E-state index in [0.717, 1.165) is 17.3 Å². The molecule has 0 bridgehead atoms. The van der Waals surface area contributed by atoms with Gasteiger partial charge in [-0.05, 0) is 37.0 Å². The Morgan fingerprint density at radius 2 is 2.23 bits per heavy atom. The Morgan fingerprint density at radius 1 is 1.46 bits per heavy atom. The van der Waals surface area contributed by atoms with E-state index in [-0.39, 0.29) is 0 Å². The SMILES string of the molecule is Cc1c(Br)cccc1CCCC#N. The minimum atomic E-state index is 0.645. The fraction of sp³-hybridized carbons (Fsp3) is 0.364. The molecule has 0 aromatic heterocycles. The van der Waals surface area contributed by atoms with Gasteiger partial charge in [0.2, 0.25) is 0 Å². The number of aryl methyl sites for hydroxylation is 1. The van der Waals surface area contributed by atoms with Crippen molar-refractivity contribution in [3.05, 3.63) is 33.8 Å². The predicted molar refractivity (Wildman–Crippen MR) is 57.4 cm³/mol. The number of benzene rings is 1. The first-order chi connectivity index (χ1) is 6.25. The van der Waals surface area contributed by atoms with Crippen molar-refractivity contribution in [3.63, 3.8) is 0 Å². The zero-order valence-corrected chi connectivity index (χ0v) is 9.26. The third kappa shape index (κ3) is 2.86. The highest BCUT2D eigenvalue weighted by atomic mass is 79.9. The van der Waals surface area contributed by atoms with E-state index in [1.165, 1.54) is 11.1 Å². The summed E-state index contributed by atoms with van der Waals surface area (Å²) in [5.41, 5.74) is 2.63. The molecule has 0 amide bonds. The highest BCUT2D eigenvalue weighted by Crippen LogP contribution is 2.20. The molecule has 0 unspecified atom stereocenters. The lowest BCUT2D eigenvalue weighted by molar-refractivity contribution is 0.844. The molecule has 1 nitrogen and oxygen atoms in total. The van der Waals surface area contributed by atoms with Crippen molar-refractivity contribution in [2.24, 2.45) is 0 Å². The molecule has 0 aliphatic heterocycles. The molecule has 0 radical (unpaired) electrons. The van der Waals surface area contributed by atoms with E-state index in [4.69, 9.17) is 5.26 Å². The number of hydrogen-bond acceptors (Lipinski definition) is 1. The predicted octanol–water partition coefficient (Wildman–Crippen LogP) is 3.60. The van der Waals surface area contributed by atoms with Gasteiger partial charge in [-0.1, -0.05) is 28.1 Å². The molecule has 0 spiro atoms. The van der Waals surface area contributed by atoms with Crippen molar-refractivity contribution in [1.82, 2.24) is 0 Å². The Kier molecular flexibility index (Phi) is 3.98. The van der Waals surface area contributed by atoms with Crippen LogP contribution < -0.4 is 0 Å². The van der Waals surface area contributed by atoms with Gasteiger partial charge in [0, 0.05) is 10.9 Å². The lowest BCUT2D eigenvalue weighted by atomic mass is 10.0. The minimum Gasteiger partial charge on any atom is -0.198 e. The molecule has 13 heavy (non-hydrogen) atoms. The van der Waals surface area contributed by atoms with Crippen LogP contribution in [0.15, 0.2) is 22.7 Å². The maximum atomic E-state index is 8.41. The Hall–Kier alpha value is -0.810. The number of nitrogens with zero attached hydrogens (tertiary/aromatic N) is 1. The molecule has 0 heterocycles. The maximum absolute atomic E-state index is 8.41. The van der Waals surface area contributed by atoms with Gasteiger partial charge in [-0.15, -0.1) is 0 Å². The largest absolute Gasteiger partial charge is 0.198 e. The quantitative estimate of drug-likeness (QED) is 0.738. The monoisotopic (exact) mass is 237 g/mol. The van der Waals surface area contributed by atoms with Crippen LogP contribution in [0.3, 0.4) is 0 Å². The smallest absolute Gasteiger partial charge is 0.0621 e. The molecular formula is C11H12BrN. The van der Waals surface area contributed by atoms with Crippen LogP contribution >= 0.6 is 15.9 Å². The summed E-state index contributed by atoms with van der Waals surface area (Å²) in [5.74, 6) is 0. The van der Waals surface area contributed by atoms with E-state index in [1.54, 1.807) is 0 Å². The molecule has 2 heteroatoms. The van der Waals surface area contributed by atoms with Crippen LogP contribution in [0.4, 0.5) is 0 Å². The third-order valence-corrected chi connectivity index (χ3v) is 2.97. The van der Waals surface area contributed by atoms with Crippen LogP contribution in [0.25, 0.3) is 0 Å². The van der Waals surface area contributed by atoms with Crippen molar-refractivity contribution in [1.29, 1.82) is 5.26 Å². The Bertz CT molecular complexity index is 325. The van der Waals surface area contributed by atoms with E-state index < -0.39 is 0 Å². The summed E-state index contributed by atoms with van der Waals surface area (Å²) in [6.45, 7) is 2.10. The average molecular weight is 238 g/mol. The van der Waals surface area contributed by atoms with E-state index in [2.05, 4.69) is 35.0 Å². The van der Waals surface area contributed by atoms with Gasteiger partial charge in [0.25, 0.3) is 0 Å². The van der Waals surface area contributed by atoms with Crippen LogP contribution in [0.2, 0.25) is 0 Å². The van der Waals surface area contributed by atoms with Gasteiger partial charge in [-0.25, -0.2) is 0 Å². The molecule has 0 saturated heterocycles. The Balaban J connectivity index is 2.67. The second-order valence-corrected chi connectivity index (χ2v) is 3.89. The first-order valence-corrected chi connectivity index (χ1v) is 5.16. The van der Waals surface area contributed by atoms with Gasteiger partial charge in [-0.2, -0.15) is 5.26 Å². The van der Waals surface area contributed by atoms with Crippen molar-refractivity contribution in [2.75, 3.05) is 0 Å². The second kappa shape index (κ2) is 5.04. The summed E-state index contributed by atoms with van der Waals surface area (Å²) >= 11 is 3.49. The number of nitriles is 1. The van der Waals surface area contributed by atoms with Crippen LogP contribution in [0, 0.1) is 18.3 Å². The van der Waals surface area contributed by atoms with Gasteiger partial charge < -0.3 is 0 Å². The number of halogens is 1. The molecule has 0 saturated carbocycles. The number of rotatable bonds is 3. The summed E-state index contributed by atoms with van der Waals surface area (Å²) in [6, 6.07) is 8.37. The van der Waals surface area contributed by atoms with E-state index in [0.29, 0.717) is 6.42 Å². The molecular weight excluding hydrogens is 226 g/mol. The molecule has 68 valence electrons. The molecule has 0 fully saturated rings. The molecule has 1 aromatic rings. The van der Waals surface area contributed by atoms with Gasteiger partial charge in [0.15, 0.2) is 0 Å². The first kappa shape index (κ1) is 10.3. The van der Waals surface area contributed by atoms with Crippen molar-refractivity contribution in [3.8, 4) is 6.07 Å². The van der Waals surface area contributed by atoms with E-state index >= 15 is 0 Å². The van der Waals surface area contributed by atoms with E-state index in [1.807, 2.05) is 12.1 Å². The maximum Gasteiger partial charge on any atom is 0.0621 e. The topological polar surface area (TPSA) is 23.8 Å². The molecule has 0 aliphatic carbocycles. The third-order valence-electron chi connectivity index (χ3n) is 2.11. The number of unbranched alkanes of at least 4 members (excludes halogenated alkanes) is 1. The standard InChI is InChI=1S/C11H12BrN/c1-9-10(5-2-3-8-13)6-4-7-11(9)12/h4,6-7H,2-3,5H2,1H3. The normalized spacial score (nSPS) is 9.62. The fourth-order valence-corrected chi connectivity index (χ4v) is 1.69. The van der Waals surface area contributed by atoms with Crippen molar-refractivity contribution < 1.29 is 0 Å². The summed E-state index contributed by atoms with van der Waals surface area (Å²) in [5, 5.41) is 8.41. The molecule has 1 aromatic carbocycles. The van der Waals surface area contributed by atoms with Gasteiger partial charge in [0.1, 0.15) is 0 Å². The minimum absolute atomic E-state index is 0.645.